The van der Waals surface area contributed by atoms with Crippen molar-refractivity contribution in [2.75, 3.05) is 12.9 Å². The number of aromatic nitrogens is 4. The fraction of sp³-hybridized carbons (Fsp3) is 0.278. The maximum absolute atomic E-state index is 12.7. The highest BCUT2D eigenvalue weighted by atomic mass is 32.2. The van der Waals surface area contributed by atoms with Crippen LogP contribution in [0.4, 0.5) is 0 Å². The van der Waals surface area contributed by atoms with Crippen LogP contribution < -0.4 is 11.2 Å². The van der Waals surface area contributed by atoms with Gasteiger partial charge in [0, 0.05) is 19.7 Å². The maximum atomic E-state index is 12.7. The smallest absolute Gasteiger partial charge is 0.332 e. The van der Waals surface area contributed by atoms with Crippen molar-refractivity contribution >= 4 is 28.8 Å². The van der Waals surface area contributed by atoms with E-state index >= 15 is 0 Å². The van der Waals surface area contributed by atoms with Gasteiger partial charge in [-0.15, -0.1) is 0 Å². The van der Waals surface area contributed by atoms with E-state index in [0.717, 1.165) is 27.5 Å². The van der Waals surface area contributed by atoms with Crippen LogP contribution in [0.15, 0.2) is 38.9 Å². The van der Waals surface area contributed by atoms with E-state index < -0.39 is 17.2 Å². The average Bonchev–Trinajstić information content (AvgIpc) is 2.68. The summed E-state index contributed by atoms with van der Waals surface area (Å²) in [7, 11) is 4.24. The van der Waals surface area contributed by atoms with Crippen molar-refractivity contribution in [2.24, 2.45) is 14.1 Å². The lowest BCUT2D eigenvalue weighted by molar-refractivity contribution is -0.137. The average molecular weight is 386 g/mol. The van der Waals surface area contributed by atoms with Crippen LogP contribution in [-0.4, -0.2) is 37.9 Å². The minimum absolute atomic E-state index is 0.0120. The van der Waals surface area contributed by atoms with Gasteiger partial charge in [-0.2, -0.15) is 0 Å². The summed E-state index contributed by atoms with van der Waals surface area (Å²) in [6.45, 7) is 1.97. The molecule has 0 aliphatic rings. The second kappa shape index (κ2) is 7.36. The number of hydrogen-bond acceptors (Lipinski definition) is 7. The van der Waals surface area contributed by atoms with E-state index in [2.05, 4.69) is 14.7 Å². The molecule has 27 heavy (non-hydrogen) atoms. The van der Waals surface area contributed by atoms with Crippen molar-refractivity contribution in [2.45, 2.75) is 11.9 Å². The third-order valence-electron chi connectivity index (χ3n) is 4.13. The van der Waals surface area contributed by atoms with Crippen LogP contribution in [0.3, 0.4) is 0 Å². The molecule has 0 bridgehead atoms. The number of carbonyl (C=O) groups is 1. The van der Waals surface area contributed by atoms with Gasteiger partial charge in [-0.1, -0.05) is 41.6 Å². The monoisotopic (exact) mass is 386 g/mol. The summed E-state index contributed by atoms with van der Waals surface area (Å²) in [5.41, 5.74) is 1.07. The number of thioether (sulfide) groups is 1. The van der Waals surface area contributed by atoms with E-state index in [0.29, 0.717) is 10.9 Å². The lowest BCUT2D eigenvalue weighted by Crippen LogP contribution is -2.37. The minimum atomic E-state index is -0.504. The minimum Gasteiger partial charge on any atom is -0.468 e. The first kappa shape index (κ1) is 18.8. The van der Waals surface area contributed by atoms with Crippen LogP contribution in [0.5, 0.6) is 0 Å². The highest BCUT2D eigenvalue weighted by Crippen LogP contribution is 2.26. The Balaban J connectivity index is 2.30. The van der Waals surface area contributed by atoms with Crippen LogP contribution in [0.25, 0.3) is 22.4 Å². The number of hydrogen-bond donors (Lipinski definition) is 0. The van der Waals surface area contributed by atoms with Gasteiger partial charge in [-0.25, -0.2) is 14.8 Å². The highest BCUT2D eigenvalue weighted by Gasteiger charge is 2.19. The fourth-order valence-corrected chi connectivity index (χ4v) is 3.40. The van der Waals surface area contributed by atoms with Crippen LogP contribution >= 0.6 is 11.8 Å². The van der Waals surface area contributed by atoms with Crippen molar-refractivity contribution in [3.8, 4) is 11.4 Å². The molecule has 3 aromatic rings. The number of carbonyl (C=O) groups excluding carboxylic acids is 1. The summed E-state index contributed by atoms with van der Waals surface area (Å²) < 4.78 is 6.97. The Kier molecular flexibility index (Phi) is 5.13. The second-order valence-electron chi connectivity index (χ2n) is 5.99. The highest BCUT2D eigenvalue weighted by molar-refractivity contribution is 8.00. The zero-order valence-corrected chi connectivity index (χ0v) is 16.2. The van der Waals surface area contributed by atoms with Gasteiger partial charge in [-0.05, 0) is 6.92 Å². The predicted octanol–water partition coefficient (Wildman–Crippen LogP) is 1.27. The Morgan fingerprint density at radius 3 is 2.41 bits per heavy atom. The van der Waals surface area contributed by atoms with Crippen LogP contribution in [0, 0.1) is 6.92 Å². The number of benzene rings is 1. The van der Waals surface area contributed by atoms with Gasteiger partial charge in [-0.3, -0.25) is 18.7 Å². The molecule has 2 aromatic heterocycles. The molecule has 0 fully saturated rings. The zero-order chi connectivity index (χ0) is 19.7. The molecule has 0 atom stereocenters. The summed E-state index contributed by atoms with van der Waals surface area (Å²) in [6.07, 6.45) is 0. The third-order valence-corrected chi connectivity index (χ3v) is 5.08. The molecule has 0 spiro atoms. The summed E-state index contributed by atoms with van der Waals surface area (Å²) in [5.74, 6) is -0.0782. The first-order chi connectivity index (χ1) is 12.8. The van der Waals surface area contributed by atoms with Gasteiger partial charge in [0.2, 0.25) is 0 Å². The molecule has 0 saturated carbocycles. The number of esters is 1. The largest absolute Gasteiger partial charge is 0.468 e. The van der Waals surface area contributed by atoms with Gasteiger partial charge < -0.3 is 4.74 Å². The molecule has 0 radical (unpaired) electrons. The van der Waals surface area contributed by atoms with E-state index in [1.165, 1.54) is 18.7 Å². The fourth-order valence-electron chi connectivity index (χ4n) is 2.55. The second-order valence-corrected chi connectivity index (χ2v) is 6.95. The number of nitrogens with zero attached hydrogens (tertiary/aromatic N) is 4. The van der Waals surface area contributed by atoms with E-state index in [9.17, 15) is 14.4 Å². The van der Waals surface area contributed by atoms with Gasteiger partial charge in [0.15, 0.2) is 11.5 Å². The molecule has 0 amide bonds. The topological polar surface area (TPSA) is 96.1 Å². The molecule has 9 heteroatoms. The summed E-state index contributed by atoms with van der Waals surface area (Å²) >= 11 is 1.08. The standard InChI is InChI=1S/C18H18N4O4S/c1-10-5-7-11(8-6-10)14-19-15-13(16(20-14)27-9-12(23)26-4)17(24)22(3)18(25)21(15)2/h5-8H,9H2,1-4H3. The summed E-state index contributed by atoms with van der Waals surface area (Å²) in [6, 6.07) is 7.58. The molecule has 0 N–H and O–H groups in total. The van der Waals surface area contributed by atoms with Crippen molar-refractivity contribution in [1.29, 1.82) is 0 Å². The molecule has 0 aliphatic carbocycles. The molecule has 0 saturated heterocycles. The third kappa shape index (κ3) is 3.50. The Hall–Kier alpha value is -2.94. The predicted molar refractivity (Wildman–Crippen MR) is 103 cm³/mol. The first-order valence-electron chi connectivity index (χ1n) is 8.08. The number of rotatable bonds is 4. The number of ether oxygens (including phenoxy) is 1. The van der Waals surface area contributed by atoms with E-state index in [1.807, 2.05) is 31.2 Å². The first-order valence-corrected chi connectivity index (χ1v) is 9.06. The maximum Gasteiger partial charge on any atom is 0.332 e. The van der Waals surface area contributed by atoms with Crippen molar-refractivity contribution < 1.29 is 9.53 Å². The van der Waals surface area contributed by atoms with Crippen molar-refractivity contribution in [1.82, 2.24) is 19.1 Å². The van der Waals surface area contributed by atoms with E-state index in [4.69, 9.17) is 0 Å². The lowest BCUT2D eigenvalue weighted by atomic mass is 10.1. The van der Waals surface area contributed by atoms with Crippen LogP contribution in [0.1, 0.15) is 5.56 Å². The lowest BCUT2D eigenvalue weighted by Gasteiger charge is -2.12. The Labute approximate surface area is 158 Å². The summed E-state index contributed by atoms with van der Waals surface area (Å²) in [5, 5.41) is 0.529. The van der Waals surface area contributed by atoms with Crippen LogP contribution in [0.2, 0.25) is 0 Å². The number of fused-ring (bicyclic) bond motifs is 1. The van der Waals surface area contributed by atoms with Crippen molar-refractivity contribution in [3.05, 3.63) is 50.7 Å². The van der Waals surface area contributed by atoms with Gasteiger partial charge >= 0.3 is 11.7 Å². The molecule has 2 heterocycles. The van der Waals surface area contributed by atoms with Crippen molar-refractivity contribution in [3.63, 3.8) is 0 Å². The van der Waals surface area contributed by atoms with Gasteiger partial charge in [0.05, 0.1) is 12.9 Å². The SMILES string of the molecule is COC(=O)CSc1nc(-c2ccc(C)cc2)nc2c1c(=O)n(C)c(=O)n2C. The quantitative estimate of drug-likeness (QED) is 0.378. The van der Waals surface area contributed by atoms with E-state index in [-0.39, 0.29) is 16.8 Å². The van der Waals surface area contributed by atoms with Gasteiger partial charge in [0.1, 0.15) is 10.4 Å². The number of methoxy groups -OCH3 is 1. The molecule has 0 unspecified atom stereocenters. The van der Waals surface area contributed by atoms with Gasteiger partial charge in [0.25, 0.3) is 5.56 Å². The molecule has 140 valence electrons. The van der Waals surface area contributed by atoms with Crippen LogP contribution in [-0.2, 0) is 23.6 Å². The summed E-state index contributed by atoms with van der Waals surface area (Å²) in [4.78, 5) is 45.5. The van der Waals surface area contributed by atoms with E-state index in [1.54, 1.807) is 7.05 Å². The molecule has 8 nitrogen and oxygen atoms in total. The molecule has 1 aromatic carbocycles. The Bertz CT molecular complexity index is 1150. The zero-order valence-electron chi connectivity index (χ0n) is 15.3. The number of aryl methyl sites for hydroxylation is 2. The molecule has 0 aliphatic heterocycles. The molecule has 3 rings (SSSR count). The normalized spacial score (nSPS) is 11.0. The molecular formula is C18H18N4O4S. The Morgan fingerprint density at radius 1 is 1.11 bits per heavy atom. The Morgan fingerprint density at radius 2 is 1.78 bits per heavy atom. The molecular weight excluding hydrogens is 368 g/mol.